The van der Waals surface area contributed by atoms with Crippen molar-refractivity contribution in [3.8, 4) is 0 Å². The normalized spacial score (nSPS) is 32.6. The number of thiophene rings is 1. The van der Waals surface area contributed by atoms with Crippen molar-refractivity contribution in [2.45, 2.75) is 6.92 Å². The lowest BCUT2D eigenvalue weighted by Crippen LogP contribution is -2.47. The molecule has 1 aromatic heterocycles. The van der Waals surface area contributed by atoms with E-state index < -0.39 is 26.0 Å². The number of aliphatic imine (C=N–C) groups is 1. The fraction of sp³-hybridized carbons (Fsp3) is 0.353. The minimum atomic E-state index is -2.94. The minimum absolute atomic E-state index is 0.164. The first kappa shape index (κ1) is 7.62. The van der Waals surface area contributed by atoms with Crippen LogP contribution in [0.4, 0.5) is 16.4 Å². The first-order valence-electron chi connectivity index (χ1n) is 10.8. The van der Waals surface area contributed by atoms with Crippen LogP contribution < -0.4 is 5.32 Å². The van der Waals surface area contributed by atoms with Gasteiger partial charge in [-0.25, -0.2) is 4.99 Å². The van der Waals surface area contributed by atoms with Gasteiger partial charge in [-0.3, -0.25) is 0 Å². The third-order valence-electron chi connectivity index (χ3n) is 3.35. The molecule has 114 valence electrons. The summed E-state index contributed by atoms with van der Waals surface area (Å²) in [6, 6.07) is 8.71. The molecule has 0 unspecified atom stereocenters. The van der Waals surface area contributed by atoms with Crippen molar-refractivity contribution in [2.75, 3.05) is 38.4 Å². The Bertz CT molecular complexity index is 1020. The molecular formula is C17H20N4S. The summed E-state index contributed by atoms with van der Waals surface area (Å²) >= 11 is 1.37. The van der Waals surface area contributed by atoms with Crippen LogP contribution in [-0.2, 0) is 0 Å². The van der Waals surface area contributed by atoms with Crippen LogP contribution in [0.1, 0.15) is 21.4 Å². The average Bonchev–Trinajstić information content (AvgIpc) is 2.93. The van der Waals surface area contributed by atoms with Crippen LogP contribution in [0.2, 0.25) is 0 Å². The lowest BCUT2D eigenvalue weighted by Gasteiger charge is -2.34. The van der Waals surface area contributed by atoms with Crippen molar-refractivity contribution < 1.29 is 11.0 Å². The summed E-state index contributed by atoms with van der Waals surface area (Å²) in [6.07, 6.45) is 0. The molecule has 2 aliphatic heterocycles. The number of nitrogens with one attached hydrogen (secondary N) is 1. The van der Waals surface area contributed by atoms with Crippen LogP contribution in [-0.4, -0.2) is 48.7 Å². The molecule has 0 radical (unpaired) electrons. The van der Waals surface area contributed by atoms with E-state index in [4.69, 9.17) is 11.0 Å². The van der Waals surface area contributed by atoms with Crippen LogP contribution >= 0.6 is 11.3 Å². The van der Waals surface area contributed by atoms with E-state index in [9.17, 15) is 0 Å². The Morgan fingerprint density at radius 2 is 2.00 bits per heavy atom. The number of fused-ring (bicyclic) bond motifs is 2. The molecule has 4 nitrogen and oxygen atoms in total. The molecule has 0 atom stereocenters. The molecule has 2 aromatic rings. The van der Waals surface area contributed by atoms with E-state index in [1.165, 1.54) is 11.3 Å². The summed E-state index contributed by atoms with van der Waals surface area (Å²) in [5.41, 5.74) is 1.44. The molecule has 22 heavy (non-hydrogen) atoms. The van der Waals surface area contributed by atoms with Gasteiger partial charge in [-0.1, -0.05) is 12.1 Å². The van der Waals surface area contributed by atoms with E-state index in [2.05, 4.69) is 10.3 Å². The molecule has 1 aromatic carbocycles. The third kappa shape index (κ3) is 2.40. The van der Waals surface area contributed by atoms with Crippen molar-refractivity contribution in [1.82, 2.24) is 9.80 Å². The van der Waals surface area contributed by atoms with E-state index >= 15 is 0 Å². The van der Waals surface area contributed by atoms with Gasteiger partial charge in [0.1, 0.15) is 10.8 Å². The number of rotatable bonds is 0. The second-order valence-corrected chi connectivity index (χ2v) is 6.28. The number of hydrogen-bond acceptors (Lipinski definition) is 5. The van der Waals surface area contributed by atoms with Crippen molar-refractivity contribution in [3.63, 3.8) is 0 Å². The second kappa shape index (κ2) is 5.41. The first-order chi connectivity index (χ1) is 13.7. The highest BCUT2D eigenvalue weighted by atomic mass is 32.1. The number of anilines is 2. The number of likely N-dealkylation sites (N-methyl/N-ethyl adjacent to an activating group) is 1. The molecule has 1 N–H and O–H groups in total. The van der Waals surface area contributed by atoms with Crippen molar-refractivity contribution in [1.29, 1.82) is 0 Å². The zero-order chi connectivity index (χ0) is 22.3. The molecule has 0 spiro atoms. The number of amidine groups is 1. The molecule has 0 bridgehead atoms. The molecule has 3 heterocycles. The van der Waals surface area contributed by atoms with E-state index in [1.54, 1.807) is 30.3 Å². The van der Waals surface area contributed by atoms with Crippen LogP contribution in [0, 0.1) is 6.92 Å². The fourth-order valence-electron chi connectivity index (χ4n) is 2.33. The molecule has 4 rings (SSSR count). The zero-order valence-electron chi connectivity index (χ0n) is 20.1. The maximum atomic E-state index is 8.56. The van der Waals surface area contributed by atoms with Gasteiger partial charge in [-0.05, 0) is 32.2 Å². The molecule has 1 fully saturated rings. The molecule has 0 saturated carbocycles. The number of hydrogen-bond donors (Lipinski definition) is 1. The van der Waals surface area contributed by atoms with Gasteiger partial charge >= 0.3 is 0 Å². The number of nitrogens with zero attached hydrogens (tertiary/aromatic N) is 3. The fourth-order valence-corrected chi connectivity index (χ4v) is 3.25. The van der Waals surface area contributed by atoms with Gasteiger partial charge in [0, 0.05) is 36.3 Å². The zero-order valence-corrected chi connectivity index (χ0v) is 13.0. The molecule has 2 aliphatic rings. The number of aryl methyl sites for hydroxylation is 1. The molecule has 1 saturated heterocycles. The highest BCUT2D eigenvalue weighted by Gasteiger charge is 2.25. The Balaban J connectivity index is 2.04. The molecular weight excluding hydrogens is 292 g/mol. The Hall–Kier alpha value is -1.85. The number of para-hydroxylation sites is 2. The Kier molecular flexibility index (Phi) is 1.87. The van der Waals surface area contributed by atoms with Crippen molar-refractivity contribution in [2.24, 2.45) is 4.99 Å². The summed E-state index contributed by atoms with van der Waals surface area (Å²) in [5.74, 6) is -0.164. The van der Waals surface area contributed by atoms with Crippen molar-refractivity contribution in [3.05, 3.63) is 40.8 Å². The van der Waals surface area contributed by atoms with E-state index in [0.717, 1.165) is 11.9 Å². The van der Waals surface area contributed by atoms with Gasteiger partial charge in [-0.2, -0.15) is 0 Å². The maximum absolute atomic E-state index is 8.56. The summed E-state index contributed by atoms with van der Waals surface area (Å²) in [4.78, 5) is 6.38. The highest BCUT2D eigenvalue weighted by Crippen LogP contribution is 2.39. The van der Waals surface area contributed by atoms with E-state index in [1.807, 2.05) is 6.92 Å². The predicted octanol–water partition coefficient (Wildman–Crippen LogP) is 3.44. The third-order valence-corrected chi connectivity index (χ3v) is 4.31. The SMILES string of the molecule is [2H]C1([2H])N(C)C([2H])([2H])C([2H])([2H])N(C2=Nc3ccccc3Nc3sc(C)cc32)C1([2H])[2H]. The smallest absolute Gasteiger partial charge is 0.139 e. The molecule has 0 amide bonds. The Morgan fingerprint density at radius 3 is 2.82 bits per heavy atom. The van der Waals surface area contributed by atoms with Crippen LogP contribution in [0.3, 0.4) is 0 Å². The van der Waals surface area contributed by atoms with Gasteiger partial charge in [0.2, 0.25) is 0 Å². The van der Waals surface area contributed by atoms with Gasteiger partial charge in [0.25, 0.3) is 0 Å². The highest BCUT2D eigenvalue weighted by molar-refractivity contribution is 7.16. The summed E-state index contributed by atoms with van der Waals surface area (Å²) in [6.45, 7) is -9.75. The predicted molar refractivity (Wildman–Crippen MR) is 94.0 cm³/mol. The second-order valence-electron chi connectivity index (χ2n) is 5.02. The van der Waals surface area contributed by atoms with Crippen LogP contribution in [0.5, 0.6) is 0 Å². The van der Waals surface area contributed by atoms with Gasteiger partial charge < -0.3 is 15.1 Å². The average molecular weight is 320 g/mol. The minimum Gasteiger partial charge on any atom is -0.353 e. The quantitative estimate of drug-likeness (QED) is 0.807. The van der Waals surface area contributed by atoms with Crippen LogP contribution in [0.15, 0.2) is 35.3 Å². The summed E-state index contributed by atoms with van der Waals surface area (Å²) in [5, 5.41) is 3.83. The van der Waals surface area contributed by atoms with Gasteiger partial charge in [0.15, 0.2) is 0 Å². The lowest BCUT2D eigenvalue weighted by molar-refractivity contribution is 0.216. The van der Waals surface area contributed by atoms with Crippen LogP contribution in [0.25, 0.3) is 0 Å². The van der Waals surface area contributed by atoms with Crippen molar-refractivity contribution >= 4 is 33.5 Å². The lowest BCUT2D eigenvalue weighted by atomic mass is 10.2. The molecule has 0 aliphatic carbocycles. The summed E-state index contributed by atoms with van der Waals surface area (Å²) < 4.78 is 67.5. The Morgan fingerprint density at radius 1 is 1.23 bits per heavy atom. The first-order valence-corrected chi connectivity index (χ1v) is 7.64. The number of piperazine rings is 1. The Labute approximate surface area is 146 Å². The topological polar surface area (TPSA) is 30.9 Å². The number of benzene rings is 1. The monoisotopic (exact) mass is 320 g/mol. The largest absolute Gasteiger partial charge is 0.353 e. The van der Waals surface area contributed by atoms with E-state index in [0.29, 0.717) is 31.7 Å². The van der Waals surface area contributed by atoms with E-state index in [-0.39, 0.29) is 5.84 Å². The van der Waals surface area contributed by atoms with Gasteiger partial charge in [0.05, 0.1) is 22.4 Å². The maximum Gasteiger partial charge on any atom is 0.139 e. The van der Waals surface area contributed by atoms with Gasteiger partial charge in [-0.15, -0.1) is 11.3 Å². The summed E-state index contributed by atoms with van der Waals surface area (Å²) in [7, 11) is 1.04. The molecule has 5 heteroatoms. The standard InChI is InChI=1S/C17H20N4S/c1-12-11-13-16(21-9-7-20(2)8-10-21)18-14-5-3-4-6-15(14)19-17(13)22-12/h3-6,11,19H,7-10H2,1-2H3/i7D2,8D2,9D2,10D2.